The molecule has 0 bridgehead atoms. The van der Waals surface area contributed by atoms with Crippen LogP contribution in [0.5, 0.6) is 0 Å². The Morgan fingerprint density at radius 3 is 2.58 bits per heavy atom. The maximum atomic E-state index is 5.40. The van der Waals surface area contributed by atoms with E-state index in [9.17, 15) is 0 Å². The number of aromatic nitrogens is 4. The Bertz CT molecular complexity index is 696. The smallest absolute Gasteiger partial charge is 0.178 e. The third-order valence-corrected chi connectivity index (χ3v) is 3.04. The second-order valence-corrected chi connectivity index (χ2v) is 5.26. The van der Waals surface area contributed by atoms with Gasteiger partial charge in [0.15, 0.2) is 5.65 Å². The summed E-state index contributed by atoms with van der Waals surface area (Å²) >= 11 is 6.45. The van der Waals surface area contributed by atoms with Gasteiger partial charge in [0.1, 0.15) is 10.4 Å². The largest absolute Gasteiger partial charge is 0.396 e. The first-order chi connectivity index (χ1) is 9.06. The lowest BCUT2D eigenvalue weighted by Gasteiger charge is -1.96. The second-order valence-electron chi connectivity index (χ2n) is 3.54. The second kappa shape index (κ2) is 5.98. The van der Waals surface area contributed by atoms with Gasteiger partial charge in [-0.15, -0.1) is 0 Å². The predicted molar refractivity (Wildman–Crippen MR) is 82.4 cm³/mol. The van der Waals surface area contributed by atoms with Gasteiger partial charge < -0.3 is 16.5 Å². The van der Waals surface area contributed by atoms with Crippen molar-refractivity contribution < 1.29 is 0 Å². The van der Waals surface area contributed by atoms with Gasteiger partial charge in [0.2, 0.25) is 0 Å². The molecule has 0 aliphatic rings. The monoisotopic (exact) mass is 384 g/mol. The van der Waals surface area contributed by atoms with E-state index >= 15 is 0 Å². The van der Waals surface area contributed by atoms with Crippen molar-refractivity contribution in [1.82, 2.24) is 19.9 Å². The molecule has 3 rings (SSSR count). The first-order valence-corrected chi connectivity index (χ1v) is 6.77. The van der Waals surface area contributed by atoms with E-state index in [4.69, 9.17) is 11.5 Å². The topological polar surface area (TPSA) is 106 Å². The van der Waals surface area contributed by atoms with Crippen molar-refractivity contribution in [3.63, 3.8) is 0 Å². The fourth-order valence-electron chi connectivity index (χ4n) is 1.26. The van der Waals surface area contributed by atoms with Crippen LogP contribution in [-0.2, 0) is 0 Å². The molecule has 3 aromatic heterocycles. The molecule has 0 aliphatic heterocycles. The van der Waals surface area contributed by atoms with Crippen LogP contribution in [0.2, 0.25) is 0 Å². The number of nitrogen functional groups attached to an aromatic ring is 2. The average Bonchev–Trinajstić information content (AvgIpc) is 2.82. The van der Waals surface area contributed by atoms with Crippen LogP contribution in [0.1, 0.15) is 0 Å². The summed E-state index contributed by atoms with van der Waals surface area (Å²) < 4.78 is 1.65. The number of nitrogens with zero attached hydrogens (tertiary/aromatic N) is 3. The van der Waals surface area contributed by atoms with E-state index in [1.54, 1.807) is 18.6 Å². The Kier molecular flexibility index (Phi) is 4.33. The molecule has 0 spiro atoms. The van der Waals surface area contributed by atoms with Crippen molar-refractivity contribution in [2.45, 2.75) is 0 Å². The quantitative estimate of drug-likeness (QED) is 0.516. The molecule has 6 nitrogen and oxygen atoms in total. The highest BCUT2D eigenvalue weighted by Gasteiger charge is 1.95. The number of fused-ring (bicyclic) bond motifs is 1. The molecule has 0 saturated carbocycles. The lowest BCUT2D eigenvalue weighted by Crippen LogP contribution is -1.96. The Morgan fingerprint density at radius 2 is 1.89 bits per heavy atom. The lowest BCUT2D eigenvalue weighted by atomic mass is 10.4. The van der Waals surface area contributed by atoms with Gasteiger partial charge in [-0.25, -0.2) is 15.0 Å². The molecule has 5 N–H and O–H groups in total. The standard InChI is InChI=1S/C6H4BrN3.C5H6BrN3/c7-5-2-1-4-6(10-5)9-3-8-4;6-3-1-4(7)5(8)9-2-3/h1-3H,(H,8,9,10);1-2H,7H2,(H2,8,9). The van der Waals surface area contributed by atoms with Crippen molar-refractivity contribution in [3.8, 4) is 0 Å². The molecule has 0 atom stereocenters. The lowest BCUT2D eigenvalue weighted by molar-refractivity contribution is 1.28. The van der Waals surface area contributed by atoms with E-state index in [-0.39, 0.29) is 0 Å². The number of aromatic amines is 1. The zero-order valence-electron chi connectivity index (χ0n) is 9.64. The molecule has 0 aromatic carbocycles. The third-order valence-electron chi connectivity index (χ3n) is 2.16. The first-order valence-electron chi connectivity index (χ1n) is 5.18. The fourth-order valence-corrected chi connectivity index (χ4v) is 1.91. The van der Waals surface area contributed by atoms with Gasteiger partial charge in [0, 0.05) is 10.7 Å². The molecule has 19 heavy (non-hydrogen) atoms. The van der Waals surface area contributed by atoms with Crippen molar-refractivity contribution in [2.75, 3.05) is 11.5 Å². The van der Waals surface area contributed by atoms with Crippen LogP contribution in [0.4, 0.5) is 11.5 Å². The van der Waals surface area contributed by atoms with Crippen LogP contribution in [-0.4, -0.2) is 19.9 Å². The van der Waals surface area contributed by atoms with Crippen LogP contribution in [0.25, 0.3) is 11.2 Å². The minimum Gasteiger partial charge on any atom is -0.396 e. The van der Waals surface area contributed by atoms with Crippen molar-refractivity contribution in [3.05, 3.63) is 39.8 Å². The van der Waals surface area contributed by atoms with E-state index < -0.39 is 0 Å². The Hall–Kier alpha value is -1.67. The Balaban J connectivity index is 0.000000141. The highest BCUT2D eigenvalue weighted by molar-refractivity contribution is 9.10. The summed E-state index contributed by atoms with van der Waals surface area (Å²) in [7, 11) is 0. The summed E-state index contributed by atoms with van der Waals surface area (Å²) in [5.41, 5.74) is 12.9. The summed E-state index contributed by atoms with van der Waals surface area (Å²) in [5, 5.41) is 0. The Labute approximate surface area is 125 Å². The highest BCUT2D eigenvalue weighted by atomic mass is 79.9. The van der Waals surface area contributed by atoms with Gasteiger partial charge in [-0.05, 0) is 50.1 Å². The molecule has 0 amide bonds. The highest BCUT2D eigenvalue weighted by Crippen LogP contribution is 2.16. The van der Waals surface area contributed by atoms with Crippen LogP contribution in [0, 0.1) is 0 Å². The zero-order valence-corrected chi connectivity index (χ0v) is 12.8. The molecule has 0 radical (unpaired) electrons. The van der Waals surface area contributed by atoms with Gasteiger partial charge in [-0.2, -0.15) is 0 Å². The van der Waals surface area contributed by atoms with Crippen molar-refractivity contribution in [2.24, 2.45) is 0 Å². The molecule has 0 aliphatic carbocycles. The zero-order chi connectivity index (χ0) is 13.8. The molecule has 8 heteroatoms. The first kappa shape index (κ1) is 13.8. The third kappa shape index (κ3) is 3.65. The van der Waals surface area contributed by atoms with E-state index in [2.05, 4.69) is 51.8 Å². The fraction of sp³-hybridized carbons (Fsp3) is 0. The number of imidazole rings is 1. The van der Waals surface area contributed by atoms with E-state index in [0.29, 0.717) is 11.5 Å². The van der Waals surface area contributed by atoms with Gasteiger partial charge >= 0.3 is 0 Å². The van der Waals surface area contributed by atoms with E-state index in [0.717, 1.165) is 20.2 Å². The summed E-state index contributed by atoms with van der Waals surface area (Å²) in [6.45, 7) is 0. The average molecular weight is 386 g/mol. The molecular weight excluding hydrogens is 376 g/mol. The van der Waals surface area contributed by atoms with Crippen molar-refractivity contribution >= 4 is 54.5 Å². The number of halogens is 2. The van der Waals surface area contributed by atoms with Gasteiger partial charge in [-0.3, -0.25) is 0 Å². The molecular formula is C11H10Br2N6. The number of pyridine rings is 2. The van der Waals surface area contributed by atoms with Crippen LogP contribution < -0.4 is 11.5 Å². The number of hydrogen-bond donors (Lipinski definition) is 3. The maximum Gasteiger partial charge on any atom is 0.178 e. The van der Waals surface area contributed by atoms with Gasteiger partial charge in [-0.1, -0.05) is 0 Å². The van der Waals surface area contributed by atoms with E-state index in [1.165, 1.54) is 0 Å². The number of anilines is 2. The summed E-state index contributed by atoms with van der Waals surface area (Å²) in [6.07, 6.45) is 3.23. The SMILES string of the molecule is Brc1ccc2[nH]cnc2n1.Nc1cc(Br)cnc1N. The maximum absolute atomic E-state index is 5.40. The Morgan fingerprint density at radius 1 is 1.11 bits per heavy atom. The van der Waals surface area contributed by atoms with Gasteiger partial charge in [0.25, 0.3) is 0 Å². The molecule has 98 valence electrons. The molecule has 0 saturated heterocycles. The molecule has 3 heterocycles. The number of rotatable bonds is 0. The number of hydrogen-bond acceptors (Lipinski definition) is 5. The van der Waals surface area contributed by atoms with Crippen LogP contribution in [0.15, 0.2) is 39.8 Å². The molecule has 0 unspecified atom stereocenters. The minimum atomic E-state index is 0.373. The number of H-pyrrole nitrogens is 1. The summed E-state index contributed by atoms with van der Waals surface area (Å²) in [5.74, 6) is 0.373. The summed E-state index contributed by atoms with van der Waals surface area (Å²) in [6, 6.07) is 5.52. The number of nitrogens with two attached hydrogens (primary N) is 2. The predicted octanol–water partition coefficient (Wildman–Crippen LogP) is 2.73. The van der Waals surface area contributed by atoms with Crippen molar-refractivity contribution in [1.29, 1.82) is 0 Å². The van der Waals surface area contributed by atoms with E-state index in [1.807, 2.05) is 12.1 Å². The summed E-state index contributed by atoms with van der Waals surface area (Å²) in [4.78, 5) is 14.8. The van der Waals surface area contributed by atoms with Crippen LogP contribution in [0.3, 0.4) is 0 Å². The normalized spacial score (nSPS) is 10.0. The number of nitrogens with one attached hydrogen (secondary N) is 1. The minimum absolute atomic E-state index is 0.373. The molecule has 0 fully saturated rings. The van der Waals surface area contributed by atoms with Crippen LogP contribution >= 0.6 is 31.9 Å². The van der Waals surface area contributed by atoms with Gasteiger partial charge in [0.05, 0.1) is 17.5 Å². The molecule has 3 aromatic rings.